The average molecular weight is 348 g/mol. The van der Waals surface area contributed by atoms with Crippen LogP contribution in [-0.4, -0.2) is 34.5 Å². The highest BCUT2D eigenvalue weighted by Crippen LogP contribution is 2.35. The first kappa shape index (κ1) is 15.3. The summed E-state index contributed by atoms with van der Waals surface area (Å²) in [6, 6.07) is 2.21. The van der Waals surface area contributed by atoms with Gasteiger partial charge in [0.15, 0.2) is 0 Å². The summed E-state index contributed by atoms with van der Waals surface area (Å²) >= 11 is 3.51. The van der Waals surface area contributed by atoms with E-state index in [4.69, 9.17) is 4.74 Å². The zero-order valence-corrected chi connectivity index (χ0v) is 15.0. The van der Waals surface area contributed by atoms with Crippen molar-refractivity contribution in [3.63, 3.8) is 0 Å². The van der Waals surface area contributed by atoms with Crippen molar-refractivity contribution < 1.29 is 9.53 Å². The van der Waals surface area contributed by atoms with Gasteiger partial charge in [-0.05, 0) is 44.7 Å². The summed E-state index contributed by atoms with van der Waals surface area (Å²) in [7, 11) is 0. The highest BCUT2D eigenvalue weighted by Gasteiger charge is 2.33. The minimum absolute atomic E-state index is 0.164. The van der Waals surface area contributed by atoms with Gasteiger partial charge in [0.1, 0.15) is 6.10 Å². The zero-order chi connectivity index (χ0) is 16.0. The van der Waals surface area contributed by atoms with Crippen LogP contribution in [0.4, 0.5) is 0 Å². The average Bonchev–Trinajstić information content (AvgIpc) is 3.24. The van der Waals surface area contributed by atoms with Crippen molar-refractivity contribution in [2.24, 2.45) is 0 Å². The number of fused-ring (bicyclic) bond motifs is 1. The van der Waals surface area contributed by atoms with Gasteiger partial charge in [-0.25, -0.2) is 4.98 Å². The smallest absolute Gasteiger partial charge is 0.252 e. The molecule has 0 aromatic carbocycles. The monoisotopic (exact) mass is 348 g/mol. The number of rotatable bonds is 2. The van der Waals surface area contributed by atoms with Crippen molar-refractivity contribution in [2.45, 2.75) is 51.9 Å². The van der Waals surface area contributed by atoms with Gasteiger partial charge >= 0.3 is 0 Å². The van der Waals surface area contributed by atoms with E-state index in [2.05, 4.69) is 16.4 Å². The van der Waals surface area contributed by atoms with Crippen LogP contribution in [0.15, 0.2) is 11.4 Å². The first-order valence-corrected chi connectivity index (χ1v) is 9.78. The topological polar surface area (TPSA) is 42.4 Å². The number of hydrogen-bond acceptors (Lipinski definition) is 5. The van der Waals surface area contributed by atoms with Crippen molar-refractivity contribution in [1.29, 1.82) is 0 Å². The third-order valence-electron chi connectivity index (χ3n) is 4.56. The fourth-order valence-corrected chi connectivity index (χ4v) is 5.12. The lowest BCUT2D eigenvalue weighted by molar-refractivity contribution is -0.143. The lowest BCUT2D eigenvalue weighted by atomic mass is 10.1. The van der Waals surface area contributed by atoms with Crippen molar-refractivity contribution in [3.8, 4) is 10.6 Å². The number of aryl methyl sites for hydroxylation is 1. The van der Waals surface area contributed by atoms with E-state index in [1.54, 1.807) is 11.3 Å². The van der Waals surface area contributed by atoms with E-state index in [9.17, 15) is 4.79 Å². The van der Waals surface area contributed by atoms with Crippen LogP contribution in [0.1, 0.15) is 35.2 Å². The van der Waals surface area contributed by atoms with E-state index in [1.165, 1.54) is 15.3 Å². The number of ether oxygens (including phenoxy) is 1. The van der Waals surface area contributed by atoms with Crippen molar-refractivity contribution >= 4 is 28.6 Å². The number of carbonyl (C=O) groups is 1. The molecular weight excluding hydrogens is 328 g/mol. The third-order valence-corrected chi connectivity index (χ3v) is 6.59. The van der Waals surface area contributed by atoms with Crippen molar-refractivity contribution in [1.82, 2.24) is 9.88 Å². The van der Waals surface area contributed by atoms with E-state index in [1.807, 2.05) is 30.1 Å². The number of hydrogen-bond donors (Lipinski definition) is 0. The van der Waals surface area contributed by atoms with Gasteiger partial charge in [0.05, 0.1) is 21.7 Å². The molecule has 1 fully saturated rings. The van der Waals surface area contributed by atoms with Crippen LogP contribution < -0.4 is 0 Å². The summed E-state index contributed by atoms with van der Waals surface area (Å²) in [6.07, 6.45) is 2.77. The zero-order valence-electron chi connectivity index (χ0n) is 13.4. The molecule has 1 saturated heterocycles. The Bertz CT molecular complexity index is 737. The first-order chi connectivity index (χ1) is 11.1. The van der Waals surface area contributed by atoms with E-state index in [-0.39, 0.29) is 18.1 Å². The number of aromatic nitrogens is 1. The molecule has 1 amide bonds. The summed E-state index contributed by atoms with van der Waals surface area (Å²) in [5.41, 5.74) is 2.35. The molecule has 0 unspecified atom stereocenters. The SMILES string of the molecule is Cc1nc(-c2cc3c(s2)CCN(C(=O)[C@@H]2CC[C@@H](C)O2)C3)cs1. The maximum Gasteiger partial charge on any atom is 0.252 e. The Kier molecular flexibility index (Phi) is 3.99. The van der Waals surface area contributed by atoms with Crippen LogP contribution >= 0.6 is 22.7 Å². The number of nitrogens with zero attached hydrogens (tertiary/aromatic N) is 2. The number of carbonyl (C=O) groups excluding carboxylic acids is 1. The second-order valence-corrected chi connectivity index (χ2v) is 8.53. The number of thiazole rings is 1. The molecular formula is C17H20N2O2S2. The van der Waals surface area contributed by atoms with Crippen LogP contribution in [0.2, 0.25) is 0 Å². The van der Waals surface area contributed by atoms with Gasteiger partial charge in [0.2, 0.25) is 0 Å². The standard InChI is InChI=1S/C17H20N2O2S2/c1-10-3-4-14(21-10)17(20)19-6-5-15-12(8-19)7-16(23-15)13-9-22-11(2)18-13/h7,9-10,14H,3-6,8H2,1-2H3/t10-,14+/m1/s1. The summed E-state index contributed by atoms with van der Waals surface area (Å²) in [4.78, 5) is 21.8. The molecule has 2 aromatic rings. The minimum Gasteiger partial charge on any atom is -0.365 e. The fraction of sp³-hybridized carbons (Fsp3) is 0.529. The van der Waals surface area contributed by atoms with Gasteiger partial charge in [-0.1, -0.05) is 0 Å². The van der Waals surface area contributed by atoms with E-state index in [0.29, 0.717) is 6.54 Å². The molecule has 0 aliphatic carbocycles. The predicted octanol–water partition coefficient (Wildman–Crippen LogP) is 3.63. The van der Waals surface area contributed by atoms with Gasteiger partial charge in [-0.3, -0.25) is 4.79 Å². The molecule has 0 spiro atoms. The van der Waals surface area contributed by atoms with Crippen LogP contribution in [0, 0.1) is 6.92 Å². The van der Waals surface area contributed by atoms with Gasteiger partial charge < -0.3 is 9.64 Å². The highest BCUT2D eigenvalue weighted by atomic mass is 32.1. The molecule has 4 rings (SSSR count). The molecule has 23 heavy (non-hydrogen) atoms. The Morgan fingerprint density at radius 3 is 3.00 bits per heavy atom. The van der Waals surface area contributed by atoms with E-state index >= 15 is 0 Å². The van der Waals surface area contributed by atoms with Crippen LogP contribution in [-0.2, 0) is 22.5 Å². The molecule has 0 saturated carbocycles. The summed E-state index contributed by atoms with van der Waals surface area (Å²) in [5.74, 6) is 0.164. The molecule has 0 bridgehead atoms. The molecule has 0 radical (unpaired) electrons. The highest BCUT2D eigenvalue weighted by molar-refractivity contribution is 7.16. The molecule has 2 aliphatic rings. The summed E-state index contributed by atoms with van der Waals surface area (Å²) in [6.45, 7) is 5.59. The second-order valence-electron chi connectivity index (χ2n) is 6.33. The lowest BCUT2D eigenvalue weighted by Gasteiger charge is -2.29. The minimum atomic E-state index is -0.231. The van der Waals surface area contributed by atoms with Gasteiger partial charge in [-0.2, -0.15) is 0 Å². The molecule has 2 aliphatic heterocycles. The quantitative estimate of drug-likeness (QED) is 0.832. The molecule has 2 aromatic heterocycles. The predicted molar refractivity (Wildman–Crippen MR) is 92.9 cm³/mol. The van der Waals surface area contributed by atoms with Crippen molar-refractivity contribution in [2.75, 3.05) is 6.54 Å². The van der Waals surface area contributed by atoms with Gasteiger partial charge in [0.25, 0.3) is 5.91 Å². The van der Waals surface area contributed by atoms with E-state index < -0.39 is 0 Å². The van der Waals surface area contributed by atoms with Gasteiger partial charge in [0, 0.05) is 23.3 Å². The van der Waals surface area contributed by atoms with E-state index in [0.717, 1.165) is 36.5 Å². The van der Waals surface area contributed by atoms with Crippen LogP contribution in [0.5, 0.6) is 0 Å². The Morgan fingerprint density at radius 1 is 1.43 bits per heavy atom. The summed E-state index contributed by atoms with van der Waals surface area (Å²) < 4.78 is 5.74. The Hall–Kier alpha value is -1.24. The molecule has 6 heteroatoms. The normalized spacial score (nSPS) is 24.0. The largest absolute Gasteiger partial charge is 0.365 e. The third kappa shape index (κ3) is 2.95. The maximum atomic E-state index is 12.6. The summed E-state index contributed by atoms with van der Waals surface area (Å²) in [5, 5.41) is 3.21. The van der Waals surface area contributed by atoms with Crippen LogP contribution in [0.25, 0.3) is 10.6 Å². The lowest BCUT2D eigenvalue weighted by Crippen LogP contribution is -2.41. The van der Waals surface area contributed by atoms with Gasteiger partial charge in [-0.15, -0.1) is 22.7 Å². The maximum absolute atomic E-state index is 12.6. The molecule has 122 valence electrons. The van der Waals surface area contributed by atoms with Crippen LogP contribution in [0.3, 0.4) is 0 Å². The Labute approximate surface area is 144 Å². The Balaban J connectivity index is 1.51. The molecule has 4 heterocycles. The second kappa shape index (κ2) is 6.00. The number of amides is 1. The molecule has 0 N–H and O–H groups in total. The fourth-order valence-electron chi connectivity index (χ4n) is 3.31. The first-order valence-electron chi connectivity index (χ1n) is 8.08. The molecule has 2 atom stereocenters. The number of thiophene rings is 1. The molecule has 4 nitrogen and oxygen atoms in total. The van der Waals surface area contributed by atoms with Crippen molar-refractivity contribution in [3.05, 3.63) is 26.9 Å². The Morgan fingerprint density at radius 2 is 2.30 bits per heavy atom.